The van der Waals surface area contributed by atoms with Gasteiger partial charge < -0.3 is 10.2 Å². The van der Waals surface area contributed by atoms with Gasteiger partial charge in [-0.15, -0.1) is 0 Å². The van der Waals surface area contributed by atoms with E-state index in [1.165, 1.54) is 37.6 Å². The Balaban J connectivity index is 1.42. The average Bonchev–Trinajstić information content (AvgIpc) is 3.53. The van der Waals surface area contributed by atoms with E-state index in [9.17, 15) is 22.0 Å². The zero-order valence-corrected chi connectivity index (χ0v) is 20.0. The number of nitrogens with zero attached hydrogens (tertiary/aromatic N) is 4. The molecule has 1 atom stereocenters. The molecule has 0 bridgehead atoms. The Morgan fingerprint density at radius 1 is 1.11 bits per heavy atom. The van der Waals surface area contributed by atoms with Crippen molar-refractivity contribution >= 4 is 32.8 Å². The first-order valence-corrected chi connectivity index (χ1v) is 12.6. The minimum Gasteiger partial charge on any atom is -0.364 e. The lowest BCUT2D eigenvalue weighted by atomic mass is 10.0. The molecule has 3 aromatic heterocycles. The number of hydrogen-bond donors (Lipinski definition) is 2. The van der Waals surface area contributed by atoms with Gasteiger partial charge in [0.15, 0.2) is 5.03 Å². The summed E-state index contributed by atoms with van der Waals surface area (Å²) in [6.45, 7) is 0.653. The normalized spacial score (nSPS) is 16.0. The SMILES string of the molecule is CNS(=O)(=O)c1ccc(NC(=O)c2cnn3ccc(N4CCC[C@@H]4c4cc(F)ccc4F)cc23)cn1. The highest BCUT2D eigenvalue weighted by molar-refractivity contribution is 7.89. The van der Waals surface area contributed by atoms with E-state index in [-0.39, 0.29) is 16.6 Å². The van der Waals surface area contributed by atoms with Crippen molar-refractivity contribution in [2.45, 2.75) is 23.9 Å². The summed E-state index contributed by atoms with van der Waals surface area (Å²) in [7, 11) is -2.41. The quantitative estimate of drug-likeness (QED) is 0.409. The van der Waals surface area contributed by atoms with Gasteiger partial charge in [0.2, 0.25) is 0 Å². The zero-order chi connectivity index (χ0) is 25.4. The van der Waals surface area contributed by atoms with E-state index >= 15 is 0 Å². The summed E-state index contributed by atoms with van der Waals surface area (Å²) in [5, 5.41) is 6.76. The topological polar surface area (TPSA) is 109 Å². The summed E-state index contributed by atoms with van der Waals surface area (Å²) in [5.41, 5.74) is 2.18. The molecule has 0 radical (unpaired) electrons. The van der Waals surface area contributed by atoms with Gasteiger partial charge in [-0.2, -0.15) is 5.10 Å². The minimum absolute atomic E-state index is 0.168. The maximum atomic E-state index is 14.5. The largest absolute Gasteiger partial charge is 0.364 e. The highest BCUT2D eigenvalue weighted by Gasteiger charge is 2.29. The molecule has 1 fully saturated rings. The maximum absolute atomic E-state index is 14.5. The second kappa shape index (κ2) is 9.28. The Labute approximate surface area is 205 Å². The number of halogens is 2. The summed E-state index contributed by atoms with van der Waals surface area (Å²) in [6, 6.07) is 9.48. The number of aromatic nitrogens is 3. The molecule has 186 valence electrons. The van der Waals surface area contributed by atoms with Gasteiger partial charge in [-0.25, -0.2) is 31.4 Å². The van der Waals surface area contributed by atoms with Crippen LogP contribution in [-0.4, -0.2) is 42.5 Å². The number of sulfonamides is 1. The van der Waals surface area contributed by atoms with Crippen LogP contribution in [0.25, 0.3) is 5.52 Å². The van der Waals surface area contributed by atoms with Gasteiger partial charge in [0.05, 0.1) is 35.2 Å². The Hall–Kier alpha value is -3.90. The van der Waals surface area contributed by atoms with Gasteiger partial charge in [0, 0.05) is 24.0 Å². The van der Waals surface area contributed by atoms with E-state index in [0.29, 0.717) is 29.7 Å². The van der Waals surface area contributed by atoms with Crippen LogP contribution < -0.4 is 14.9 Å². The van der Waals surface area contributed by atoms with Crippen LogP contribution in [0.1, 0.15) is 34.8 Å². The van der Waals surface area contributed by atoms with Crippen molar-refractivity contribution in [3.05, 3.63) is 83.8 Å². The number of rotatable bonds is 6. The molecule has 0 aliphatic carbocycles. The van der Waals surface area contributed by atoms with Crippen molar-refractivity contribution in [3.63, 3.8) is 0 Å². The first kappa shape index (κ1) is 23.8. The van der Waals surface area contributed by atoms with Gasteiger partial charge in [-0.3, -0.25) is 4.79 Å². The predicted molar refractivity (Wildman–Crippen MR) is 129 cm³/mol. The van der Waals surface area contributed by atoms with Crippen LogP contribution in [0.4, 0.5) is 20.2 Å². The van der Waals surface area contributed by atoms with E-state index in [0.717, 1.165) is 24.2 Å². The molecular weight excluding hydrogens is 490 g/mol. The average molecular weight is 513 g/mol. The number of carbonyl (C=O) groups excluding carboxylic acids is 1. The van der Waals surface area contributed by atoms with Crippen molar-refractivity contribution < 1.29 is 22.0 Å². The number of nitrogens with one attached hydrogen (secondary N) is 2. The van der Waals surface area contributed by atoms with Gasteiger partial charge in [-0.1, -0.05) is 0 Å². The highest BCUT2D eigenvalue weighted by Crippen LogP contribution is 2.38. The van der Waals surface area contributed by atoms with Crippen molar-refractivity contribution in [2.24, 2.45) is 0 Å². The molecule has 12 heteroatoms. The Bertz CT molecular complexity index is 1560. The molecule has 2 N–H and O–H groups in total. The van der Waals surface area contributed by atoms with Crippen LogP contribution in [0.15, 0.2) is 66.1 Å². The molecule has 1 aliphatic rings. The minimum atomic E-state index is -3.69. The summed E-state index contributed by atoms with van der Waals surface area (Å²) in [5.74, 6) is -1.40. The number of amides is 1. The van der Waals surface area contributed by atoms with Gasteiger partial charge in [0.1, 0.15) is 11.6 Å². The van der Waals surface area contributed by atoms with Crippen molar-refractivity contribution in [1.82, 2.24) is 19.3 Å². The summed E-state index contributed by atoms with van der Waals surface area (Å²) in [4.78, 5) is 18.9. The van der Waals surface area contributed by atoms with Crippen molar-refractivity contribution in [2.75, 3.05) is 23.8 Å². The third-order valence-corrected chi connectivity index (χ3v) is 7.52. The summed E-state index contributed by atoms with van der Waals surface area (Å²) >= 11 is 0. The van der Waals surface area contributed by atoms with Crippen molar-refractivity contribution in [3.8, 4) is 0 Å². The van der Waals surface area contributed by atoms with E-state index in [1.54, 1.807) is 16.8 Å². The first-order chi connectivity index (χ1) is 17.3. The Kier molecular flexibility index (Phi) is 6.14. The molecule has 9 nitrogen and oxygen atoms in total. The fraction of sp³-hybridized carbons (Fsp3) is 0.208. The fourth-order valence-corrected chi connectivity index (χ4v) is 5.06. The lowest BCUT2D eigenvalue weighted by molar-refractivity contribution is 0.102. The zero-order valence-electron chi connectivity index (χ0n) is 19.1. The highest BCUT2D eigenvalue weighted by atomic mass is 32.2. The van der Waals surface area contributed by atoms with Crippen LogP contribution >= 0.6 is 0 Å². The molecule has 0 spiro atoms. The molecule has 1 aliphatic heterocycles. The number of anilines is 2. The van der Waals surface area contributed by atoms with Gasteiger partial charge in [0.25, 0.3) is 15.9 Å². The molecule has 4 heterocycles. The van der Waals surface area contributed by atoms with Gasteiger partial charge in [-0.05, 0) is 62.4 Å². The second-order valence-corrected chi connectivity index (χ2v) is 10.2. The molecular formula is C24H22F2N6O3S. The van der Waals surface area contributed by atoms with Crippen LogP contribution in [0.3, 0.4) is 0 Å². The third kappa shape index (κ3) is 4.40. The lowest BCUT2D eigenvalue weighted by Crippen LogP contribution is -2.23. The molecule has 0 unspecified atom stereocenters. The summed E-state index contributed by atoms with van der Waals surface area (Å²) in [6.07, 6.45) is 5.86. The van der Waals surface area contributed by atoms with Crippen molar-refractivity contribution in [1.29, 1.82) is 0 Å². The molecule has 1 saturated heterocycles. The van der Waals surface area contributed by atoms with E-state index in [2.05, 4.69) is 20.1 Å². The predicted octanol–water partition coefficient (Wildman–Crippen LogP) is 3.51. The van der Waals surface area contributed by atoms with Crippen LogP contribution in [-0.2, 0) is 10.0 Å². The number of benzene rings is 1. The molecule has 4 aromatic rings. The number of carbonyl (C=O) groups is 1. The monoisotopic (exact) mass is 512 g/mol. The van der Waals surface area contributed by atoms with Crippen LogP contribution in [0.2, 0.25) is 0 Å². The van der Waals surface area contributed by atoms with E-state index in [1.807, 2.05) is 11.0 Å². The number of hydrogen-bond acceptors (Lipinski definition) is 6. The second-order valence-electron chi connectivity index (χ2n) is 8.34. The maximum Gasteiger partial charge on any atom is 0.259 e. The van der Waals surface area contributed by atoms with E-state index < -0.39 is 27.6 Å². The molecule has 1 aromatic carbocycles. The summed E-state index contributed by atoms with van der Waals surface area (Å²) < 4.78 is 55.7. The molecule has 36 heavy (non-hydrogen) atoms. The van der Waals surface area contributed by atoms with E-state index in [4.69, 9.17) is 0 Å². The standard InChI is InChI=1S/C24H22F2N6O3S/c1-27-36(34,35)23-7-5-16(13-28-23)30-24(33)19-14-29-32-10-8-17(12-22(19)32)31-9-2-3-21(31)18-11-15(25)4-6-20(18)26/h4-8,10-14,21,27H,2-3,9H2,1H3,(H,30,33)/t21-/m1/s1. The Morgan fingerprint density at radius 3 is 2.69 bits per heavy atom. The molecule has 1 amide bonds. The number of pyridine rings is 2. The Morgan fingerprint density at radius 2 is 1.94 bits per heavy atom. The lowest BCUT2D eigenvalue weighted by Gasteiger charge is -2.27. The molecule has 0 saturated carbocycles. The number of fused-ring (bicyclic) bond motifs is 1. The fourth-order valence-electron chi connectivity index (χ4n) is 4.41. The smallest absolute Gasteiger partial charge is 0.259 e. The van der Waals surface area contributed by atoms with Gasteiger partial charge >= 0.3 is 0 Å². The van der Waals surface area contributed by atoms with Crippen LogP contribution in [0, 0.1) is 11.6 Å². The van der Waals surface area contributed by atoms with Crippen LogP contribution in [0.5, 0.6) is 0 Å². The first-order valence-electron chi connectivity index (χ1n) is 11.2. The third-order valence-electron chi connectivity index (χ3n) is 6.19. The molecule has 5 rings (SSSR count).